The third kappa shape index (κ3) is 9.87. The predicted molar refractivity (Wildman–Crippen MR) is 106 cm³/mol. The minimum Gasteiger partial charge on any atom is -0.492 e. The number of aliphatic imine (C=N–C) groups is 1. The Kier molecular flexibility index (Phi) is 10.6. The second kappa shape index (κ2) is 10.9. The number of likely N-dealkylation sites (N-methyl/N-ethyl adjacent to an activating group) is 1. The van der Waals surface area contributed by atoms with Crippen molar-refractivity contribution in [2.24, 2.45) is 4.99 Å². The summed E-state index contributed by atoms with van der Waals surface area (Å²) in [5.41, 5.74) is 0. The number of sulfone groups is 1. The van der Waals surface area contributed by atoms with E-state index >= 15 is 0 Å². The number of halogens is 2. The lowest BCUT2D eigenvalue weighted by molar-refractivity contribution is 0.281. The molecular weight excluding hydrogens is 453 g/mol. The summed E-state index contributed by atoms with van der Waals surface area (Å²) in [6.07, 6.45) is 1.21. The lowest BCUT2D eigenvalue weighted by Gasteiger charge is -2.22. The molecule has 1 N–H and O–H groups in total. The van der Waals surface area contributed by atoms with E-state index in [1.54, 1.807) is 19.2 Å². The van der Waals surface area contributed by atoms with Crippen molar-refractivity contribution in [3.8, 4) is 5.75 Å². The monoisotopic (exact) mass is 475 g/mol. The number of guanidine groups is 1. The maximum atomic E-state index is 11.1. The summed E-state index contributed by atoms with van der Waals surface area (Å²) in [5, 5.41) is 3.67. The van der Waals surface area contributed by atoms with Crippen LogP contribution in [0.1, 0.15) is 0 Å². The van der Waals surface area contributed by atoms with Gasteiger partial charge in [0, 0.05) is 31.9 Å². The van der Waals surface area contributed by atoms with E-state index in [2.05, 4.69) is 10.3 Å². The molecule has 0 aliphatic heterocycles. The summed E-state index contributed by atoms with van der Waals surface area (Å²) >= 11 is 5.81. The largest absolute Gasteiger partial charge is 0.492 e. The summed E-state index contributed by atoms with van der Waals surface area (Å²) in [7, 11) is 0.532. The highest BCUT2D eigenvalue weighted by atomic mass is 127. The lowest BCUT2D eigenvalue weighted by Crippen LogP contribution is -2.42. The summed E-state index contributed by atoms with van der Waals surface area (Å²) in [6, 6.07) is 7.15. The van der Waals surface area contributed by atoms with Crippen LogP contribution in [0.3, 0.4) is 0 Å². The second-order valence-electron chi connectivity index (χ2n) is 4.83. The number of hydrogen-bond donors (Lipinski definition) is 1. The van der Waals surface area contributed by atoms with Crippen molar-refractivity contribution >= 4 is 51.4 Å². The molecule has 0 aliphatic rings. The average Bonchev–Trinajstić information content (AvgIpc) is 2.44. The molecule has 0 aromatic heterocycles. The third-order valence-corrected chi connectivity index (χ3v) is 4.04. The van der Waals surface area contributed by atoms with Crippen LogP contribution in [0.25, 0.3) is 0 Å². The van der Waals surface area contributed by atoms with E-state index in [4.69, 9.17) is 16.3 Å². The van der Waals surface area contributed by atoms with Gasteiger partial charge >= 0.3 is 0 Å². The molecule has 0 unspecified atom stereocenters. The van der Waals surface area contributed by atoms with E-state index in [-0.39, 0.29) is 29.7 Å². The molecule has 9 heteroatoms. The Hall–Kier alpha value is -0.740. The number of rotatable bonds is 7. The van der Waals surface area contributed by atoms with Gasteiger partial charge in [0.2, 0.25) is 0 Å². The first-order valence-electron chi connectivity index (χ1n) is 6.79. The minimum atomic E-state index is -2.98. The average molecular weight is 476 g/mol. The molecule has 0 atom stereocenters. The van der Waals surface area contributed by atoms with Gasteiger partial charge in [-0.05, 0) is 24.3 Å². The topological polar surface area (TPSA) is 71.0 Å². The predicted octanol–water partition coefficient (Wildman–Crippen LogP) is 1.89. The van der Waals surface area contributed by atoms with E-state index in [0.29, 0.717) is 30.7 Å². The Morgan fingerprint density at radius 3 is 2.48 bits per heavy atom. The Morgan fingerprint density at radius 2 is 1.96 bits per heavy atom. The van der Waals surface area contributed by atoms with Gasteiger partial charge in [0.25, 0.3) is 0 Å². The first kappa shape index (κ1) is 22.3. The zero-order chi connectivity index (χ0) is 16.6. The van der Waals surface area contributed by atoms with Crippen LogP contribution in [0.5, 0.6) is 5.75 Å². The van der Waals surface area contributed by atoms with E-state index in [1.807, 2.05) is 24.1 Å². The summed E-state index contributed by atoms with van der Waals surface area (Å²) in [6.45, 7) is 1.42. The number of nitrogens with one attached hydrogen (secondary N) is 1. The molecule has 1 rings (SSSR count). The van der Waals surface area contributed by atoms with E-state index in [0.717, 1.165) is 5.75 Å². The molecule has 0 heterocycles. The quantitative estimate of drug-likeness (QED) is 0.370. The minimum absolute atomic E-state index is 0. The third-order valence-electron chi connectivity index (χ3n) is 2.84. The Labute approximate surface area is 160 Å². The second-order valence-corrected chi connectivity index (χ2v) is 7.52. The fourth-order valence-corrected chi connectivity index (χ4v) is 2.27. The van der Waals surface area contributed by atoms with Gasteiger partial charge in [-0.1, -0.05) is 11.6 Å². The Balaban J connectivity index is 0.00000484. The molecule has 0 aliphatic carbocycles. The summed E-state index contributed by atoms with van der Waals surface area (Å²) in [4.78, 5) is 5.98. The first-order chi connectivity index (χ1) is 10.3. The van der Waals surface area contributed by atoms with Gasteiger partial charge in [-0.15, -0.1) is 24.0 Å². The molecule has 0 radical (unpaired) electrons. The van der Waals surface area contributed by atoms with E-state index in [9.17, 15) is 8.42 Å². The van der Waals surface area contributed by atoms with Crippen LogP contribution in [0, 0.1) is 0 Å². The molecule has 132 valence electrons. The standard InChI is InChI=1S/C14H22ClN3O3S.HI/c1-16-14(17-8-11-22(3,19)20)18(2)9-10-21-13-6-4-12(15)5-7-13;/h4-7H,8-11H2,1-3H3,(H,16,17);1H. The highest BCUT2D eigenvalue weighted by Gasteiger charge is 2.07. The molecule has 0 fully saturated rings. The SMILES string of the molecule is CN=C(NCCS(C)(=O)=O)N(C)CCOc1ccc(Cl)cc1.I. The normalized spacial score (nSPS) is 11.6. The smallest absolute Gasteiger partial charge is 0.193 e. The molecular formula is C14H23ClIN3O3S. The number of benzene rings is 1. The number of ether oxygens (including phenoxy) is 1. The molecule has 1 aromatic carbocycles. The van der Waals surface area contributed by atoms with Crippen molar-refractivity contribution in [3.05, 3.63) is 29.3 Å². The fraction of sp³-hybridized carbons (Fsp3) is 0.500. The van der Waals surface area contributed by atoms with Crippen molar-refractivity contribution in [2.45, 2.75) is 0 Å². The van der Waals surface area contributed by atoms with Crippen molar-refractivity contribution in [3.63, 3.8) is 0 Å². The van der Waals surface area contributed by atoms with Crippen molar-refractivity contribution in [1.29, 1.82) is 0 Å². The van der Waals surface area contributed by atoms with Gasteiger partial charge in [-0.3, -0.25) is 4.99 Å². The van der Waals surface area contributed by atoms with Crippen LogP contribution in [0.2, 0.25) is 5.02 Å². The van der Waals surface area contributed by atoms with Crippen LogP contribution in [0.4, 0.5) is 0 Å². The molecule has 0 amide bonds. The first-order valence-corrected chi connectivity index (χ1v) is 9.23. The maximum absolute atomic E-state index is 11.1. The molecule has 1 aromatic rings. The van der Waals surface area contributed by atoms with Crippen molar-refractivity contribution < 1.29 is 13.2 Å². The molecule has 0 spiro atoms. The van der Waals surface area contributed by atoms with E-state index < -0.39 is 9.84 Å². The zero-order valence-corrected chi connectivity index (χ0v) is 17.4. The molecule has 23 heavy (non-hydrogen) atoms. The highest BCUT2D eigenvalue weighted by Crippen LogP contribution is 2.15. The fourth-order valence-electron chi connectivity index (χ4n) is 1.67. The number of hydrogen-bond acceptors (Lipinski definition) is 4. The lowest BCUT2D eigenvalue weighted by atomic mass is 10.3. The van der Waals surface area contributed by atoms with Gasteiger partial charge < -0.3 is 15.0 Å². The van der Waals surface area contributed by atoms with Crippen LogP contribution < -0.4 is 10.1 Å². The molecule has 0 bridgehead atoms. The van der Waals surface area contributed by atoms with Gasteiger partial charge in [0.05, 0.1) is 12.3 Å². The van der Waals surface area contributed by atoms with Gasteiger partial charge in [0.1, 0.15) is 22.2 Å². The van der Waals surface area contributed by atoms with Crippen molar-refractivity contribution in [1.82, 2.24) is 10.2 Å². The summed E-state index contributed by atoms with van der Waals surface area (Å²) in [5.74, 6) is 1.45. The van der Waals surface area contributed by atoms with Gasteiger partial charge in [0.15, 0.2) is 5.96 Å². The van der Waals surface area contributed by atoms with Crippen LogP contribution >= 0.6 is 35.6 Å². The van der Waals surface area contributed by atoms with Crippen molar-refractivity contribution in [2.75, 3.05) is 45.8 Å². The maximum Gasteiger partial charge on any atom is 0.193 e. The van der Waals surface area contributed by atoms with Crippen LogP contribution in [-0.2, 0) is 9.84 Å². The highest BCUT2D eigenvalue weighted by molar-refractivity contribution is 14.0. The zero-order valence-electron chi connectivity index (χ0n) is 13.5. The van der Waals surface area contributed by atoms with Gasteiger partial charge in [-0.25, -0.2) is 8.42 Å². The molecule has 0 saturated carbocycles. The molecule has 6 nitrogen and oxygen atoms in total. The van der Waals surface area contributed by atoms with Gasteiger partial charge in [-0.2, -0.15) is 0 Å². The van der Waals surface area contributed by atoms with E-state index in [1.165, 1.54) is 6.26 Å². The summed E-state index contributed by atoms with van der Waals surface area (Å²) < 4.78 is 27.8. The molecule has 0 saturated heterocycles. The van der Waals surface area contributed by atoms with Crippen LogP contribution in [0.15, 0.2) is 29.3 Å². The van der Waals surface area contributed by atoms with Crippen LogP contribution in [-0.4, -0.2) is 65.1 Å². The number of nitrogens with zero attached hydrogens (tertiary/aromatic N) is 2. The Bertz CT molecular complexity index is 594. The Morgan fingerprint density at radius 1 is 1.35 bits per heavy atom.